The van der Waals surface area contributed by atoms with E-state index in [9.17, 15) is 26.7 Å². The maximum absolute atomic E-state index is 13.6. The molecule has 1 aromatic rings. The largest absolute Gasteiger partial charge is 0.299 e. The van der Waals surface area contributed by atoms with Crippen LogP contribution >= 0.6 is 0 Å². The second-order valence-electron chi connectivity index (χ2n) is 6.50. The summed E-state index contributed by atoms with van der Waals surface area (Å²) in [6, 6.07) is 0. The lowest BCUT2D eigenvalue weighted by Gasteiger charge is -2.33. The predicted molar refractivity (Wildman–Crippen MR) is 75.2 cm³/mol. The van der Waals surface area contributed by atoms with Gasteiger partial charge >= 0.3 is 0 Å². The van der Waals surface area contributed by atoms with Crippen molar-refractivity contribution in [3.05, 3.63) is 34.6 Å². The number of carbonyl (C=O) groups is 1. The fraction of sp³-hybridized carbons (Fsp3) is 0.588. The summed E-state index contributed by atoms with van der Waals surface area (Å²) in [7, 11) is 0. The van der Waals surface area contributed by atoms with Crippen LogP contribution < -0.4 is 0 Å². The Bertz CT molecular complexity index is 584. The summed E-state index contributed by atoms with van der Waals surface area (Å²) in [4.78, 5) is 12.1. The molecule has 0 amide bonds. The van der Waals surface area contributed by atoms with E-state index in [1.165, 1.54) is 0 Å². The molecule has 1 saturated carbocycles. The highest BCUT2D eigenvalue weighted by Gasteiger charge is 2.31. The van der Waals surface area contributed by atoms with E-state index in [2.05, 4.69) is 6.92 Å². The highest BCUT2D eigenvalue weighted by molar-refractivity contribution is 5.81. The zero-order chi connectivity index (χ0) is 17.3. The Morgan fingerprint density at radius 3 is 2.00 bits per heavy atom. The van der Waals surface area contributed by atoms with Crippen LogP contribution in [0, 0.1) is 46.8 Å². The Morgan fingerprint density at radius 1 is 0.913 bits per heavy atom. The third kappa shape index (κ3) is 3.56. The Hall–Kier alpha value is -1.46. The number of rotatable bonds is 4. The van der Waals surface area contributed by atoms with Crippen LogP contribution in [-0.4, -0.2) is 5.78 Å². The van der Waals surface area contributed by atoms with Gasteiger partial charge < -0.3 is 0 Å². The topological polar surface area (TPSA) is 17.1 Å². The van der Waals surface area contributed by atoms with Crippen molar-refractivity contribution in [3.8, 4) is 0 Å². The van der Waals surface area contributed by atoms with Gasteiger partial charge in [0.15, 0.2) is 23.3 Å². The highest BCUT2D eigenvalue weighted by atomic mass is 19.2. The molecule has 2 rings (SSSR count). The predicted octanol–water partition coefficient (Wildman–Crippen LogP) is 4.96. The SMILES string of the molecule is CC1CCCC(CC(=O)Cc2c(F)c(F)c(F)c(F)c2F)C1C. The lowest BCUT2D eigenvalue weighted by Crippen LogP contribution is -2.27. The van der Waals surface area contributed by atoms with Crippen LogP contribution in [0.15, 0.2) is 0 Å². The molecular formula is C17H19F5O. The minimum atomic E-state index is -2.20. The minimum Gasteiger partial charge on any atom is -0.299 e. The first-order valence-electron chi connectivity index (χ1n) is 7.76. The first-order valence-corrected chi connectivity index (χ1v) is 7.76. The Morgan fingerprint density at radius 2 is 1.43 bits per heavy atom. The van der Waals surface area contributed by atoms with E-state index in [1.807, 2.05) is 6.92 Å². The molecule has 0 aliphatic heterocycles. The maximum Gasteiger partial charge on any atom is 0.200 e. The van der Waals surface area contributed by atoms with Gasteiger partial charge in [-0.25, -0.2) is 22.0 Å². The standard InChI is InChI=1S/C17H19F5O/c1-8-4-3-5-10(9(8)2)6-11(23)7-12-13(18)15(20)17(22)16(21)14(12)19/h8-10H,3-7H2,1-2H3. The van der Waals surface area contributed by atoms with Gasteiger partial charge in [0.05, 0.1) is 0 Å². The molecule has 0 spiro atoms. The number of hydrogen-bond acceptors (Lipinski definition) is 1. The van der Waals surface area contributed by atoms with E-state index >= 15 is 0 Å². The third-order valence-electron chi connectivity index (χ3n) is 5.04. The molecule has 0 saturated heterocycles. The molecule has 1 aliphatic rings. The molecule has 0 aromatic heterocycles. The molecule has 6 heteroatoms. The molecule has 3 unspecified atom stereocenters. The van der Waals surface area contributed by atoms with Crippen LogP contribution in [0.4, 0.5) is 22.0 Å². The van der Waals surface area contributed by atoms with Crippen LogP contribution in [0.25, 0.3) is 0 Å². The average Bonchev–Trinajstić information content (AvgIpc) is 2.52. The zero-order valence-electron chi connectivity index (χ0n) is 13.1. The zero-order valence-corrected chi connectivity index (χ0v) is 13.1. The molecule has 3 atom stereocenters. The highest BCUT2D eigenvalue weighted by Crippen LogP contribution is 2.36. The molecule has 1 fully saturated rings. The van der Waals surface area contributed by atoms with Crippen LogP contribution in [0.1, 0.15) is 45.1 Å². The van der Waals surface area contributed by atoms with Gasteiger partial charge in [-0.2, -0.15) is 0 Å². The third-order valence-corrected chi connectivity index (χ3v) is 5.04. The van der Waals surface area contributed by atoms with E-state index in [-0.39, 0.29) is 12.3 Å². The molecule has 1 aromatic carbocycles. The van der Waals surface area contributed by atoms with E-state index in [4.69, 9.17) is 0 Å². The Balaban J connectivity index is 2.15. The second-order valence-corrected chi connectivity index (χ2v) is 6.50. The van der Waals surface area contributed by atoms with Gasteiger partial charge in [0.2, 0.25) is 5.82 Å². The summed E-state index contributed by atoms with van der Waals surface area (Å²) in [5.41, 5.74) is -1.04. The molecule has 0 heterocycles. The number of Topliss-reactive ketones (excluding diaryl/α,β-unsaturated/α-hetero) is 1. The van der Waals surface area contributed by atoms with Gasteiger partial charge in [0.25, 0.3) is 0 Å². The molecule has 128 valence electrons. The smallest absolute Gasteiger partial charge is 0.200 e. The van der Waals surface area contributed by atoms with Crippen molar-refractivity contribution >= 4 is 5.78 Å². The van der Waals surface area contributed by atoms with Gasteiger partial charge in [-0.3, -0.25) is 4.79 Å². The lowest BCUT2D eigenvalue weighted by atomic mass is 9.72. The summed E-state index contributed by atoms with van der Waals surface area (Å²) in [5, 5.41) is 0. The Labute approximate surface area is 131 Å². The van der Waals surface area contributed by atoms with Crippen molar-refractivity contribution in [1.29, 1.82) is 0 Å². The summed E-state index contributed by atoms with van der Waals surface area (Å²) in [5.74, 6) is -9.71. The summed E-state index contributed by atoms with van der Waals surface area (Å²) in [6.45, 7) is 4.12. The Kier molecular flexibility index (Phi) is 5.42. The van der Waals surface area contributed by atoms with Crippen molar-refractivity contribution in [2.45, 2.75) is 46.0 Å². The van der Waals surface area contributed by atoms with Crippen molar-refractivity contribution in [1.82, 2.24) is 0 Å². The van der Waals surface area contributed by atoms with Gasteiger partial charge in [0.1, 0.15) is 5.78 Å². The fourth-order valence-electron chi connectivity index (χ4n) is 3.35. The number of halogens is 5. The van der Waals surface area contributed by atoms with E-state index in [0.29, 0.717) is 11.8 Å². The first-order chi connectivity index (χ1) is 10.7. The summed E-state index contributed by atoms with van der Waals surface area (Å²) < 4.78 is 66.5. The van der Waals surface area contributed by atoms with Crippen LogP contribution in [0.3, 0.4) is 0 Å². The van der Waals surface area contributed by atoms with Gasteiger partial charge in [-0.1, -0.05) is 26.7 Å². The number of benzene rings is 1. The number of ketones is 1. The first kappa shape index (κ1) is 17.9. The molecule has 0 N–H and O–H groups in total. The minimum absolute atomic E-state index is 0.0903. The van der Waals surface area contributed by atoms with Crippen molar-refractivity contribution < 1.29 is 26.7 Å². The van der Waals surface area contributed by atoms with Crippen LogP contribution in [-0.2, 0) is 11.2 Å². The lowest BCUT2D eigenvalue weighted by molar-refractivity contribution is -0.120. The van der Waals surface area contributed by atoms with Crippen LogP contribution in [0.2, 0.25) is 0 Å². The van der Waals surface area contributed by atoms with E-state index in [1.54, 1.807) is 0 Å². The maximum atomic E-state index is 13.6. The normalized spacial score (nSPS) is 24.7. The molecule has 1 nitrogen and oxygen atoms in total. The van der Waals surface area contributed by atoms with Crippen molar-refractivity contribution in [3.63, 3.8) is 0 Å². The summed E-state index contributed by atoms with van der Waals surface area (Å²) >= 11 is 0. The molecule has 0 bridgehead atoms. The van der Waals surface area contributed by atoms with E-state index in [0.717, 1.165) is 19.3 Å². The average molecular weight is 334 g/mol. The number of carbonyl (C=O) groups excluding carboxylic acids is 1. The van der Waals surface area contributed by atoms with Gasteiger partial charge in [-0.15, -0.1) is 0 Å². The van der Waals surface area contributed by atoms with Gasteiger partial charge in [-0.05, 0) is 24.2 Å². The van der Waals surface area contributed by atoms with Crippen LogP contribution in [0.5, 0.6) is 0 Å². The van der Waals surface area contributed by atoms with Crippen molar-refractivity contribution in [2.75, 3.05) is 0 Å². The quantitative estimate of drug-likeness (QED) is 0.432. The van der Waals surface area contributed by atoms with Gasteiger partial charge in [0, 0.05) is 18.4 Å². The monoisotopic (exact) mass is 334 g/mol. The molecular weight excluding hydrogens is 315 g/mol. The van der Waals surface area contributed by atoms with Crippen molar-refractivity contribution in [2.24, 2.45) is 17.8 Å². The fourth-order valence-corrected chi connectivity index (χ4v) is 3.35. The molecule has 1 aliphatic carbocycles. The summed E-state index contributed by atoms with van der Waals surface area (Å²) in [6.07, 6.45) is 2.22. The van der Waals surface area contributed by atoms with E-state index < -0.39 is 46.9 Å². The number of hydrogen-bond donors (Lipinski definition) is 0. The molecule has 23 heavy (non-hydrogen) atoms. The molecule has 0 radical (unpaired) electrons. The second kappa shape index (κ2) is 6.97.